The third-order valence-corrected chi connectivity index (χ3v) is 5.81. The lowest BCUT2D eigenvalue weighted by Gasteiger charge is -2.26. The van der Waals surface area contributed by atoms with Crippen LogP contribution in [0.4, 0.5) is 5.95 Å². The molecule has 1 saturated heterocycles. The van der Waals surface area contributed by atoms with Crippen molar-refractivity contribution in [3.05, 3.63) is 18.0 Å². The molecule has 1 atom stereocenters. The van der Waals surface area contributed by atoms with Gasteiger partial charge in [0, 0.05) is 31.0 Å². The molecule has 8 heteroatoms. The van der Waals surface area contributed by atoms with Gasteiger partial charge in [0.15, 0.2) is 9.84 Å². The molecule has 1 aromatic heterocycles. The van der Waals surface area contributed by atoms with E-state index < -0.39 is 9.84 Å². The number of sulfone groups is 1. The van der Waals surface area contributed by atoms with Crippen LogP contribution < -0.4 is 5.32 Å². The molecule has 1 aliphatic carbocycles. The van der Waals surface area contributed by atoms with Crippen LogP contribution >= 0.6 is 0 Å². The molecular weight excluding hydrogens is 304 g/mol. The standard InChI is InChI=1S/C14H20N4O3S/c1-2-18(12-5-6-22(20,21)9-12)13(19)10-7-15-14(16-8-10)17-11-3-4-11/h7-8,11-12H,2-6,9H2,1H3,(H,15,16,17). The van der Waals surface area contributed by atoms with Crippen molar-refractivity contribution in [2.75, 3.05) is 23.4 Å². The lowest BCUT2D eigenvalue weighted by molar-refractivity contribution is 0.0707. The summed E-state index contributed by atoms with van der Waals surface area (Å²) in [5.41, 5.74) is 0.396. The van der Waals surface area contributed by atoms with Crippen LogP contribution in [0.1, 0.15) is 36.5 Å². The highest BCUT2D eigenvalue weighted by atomic mass is 32.2. The highest BCUT2D eigenvalue weighted by Gasteiger charge is 2.34. The maximum Gasteiger partial charge on any atom is 0.257 e. The highest BCUT2D eigenvalue weighted by Crippen LogP contribution is 2.23. The van der Waals surface area contributed by atoms with Gasteiger partial charge in [-0.3, -0.25) is 4.79 Å². The van der Waals surface area contributed by atoms with Gasteiger partial charge in [-0.15, -0.1) is 0 Å². The molecule has 1 N–H and O–H groups in total. The average molecular weight is 324 g/mol. The second-order valence-corrected chi connectivity index (χ2v) is 8.09. The van der Waals surface area contributed by atoms with Crippen LogP contribution in [-0.4, -0.2) is 59.3 Å². The van der Waals surface area contributed by atoms with Crippen LogP contribution in [0.2, 0.25) is 0 Å². The second-order valence-electron chi connectivity index (χ2n) is 5.86. The van der Waals surface area contributed by atoms with Crippen LogP contribution in [-0.2, 0) is 9.84 Å². The number of carbonyl (C=O) groups excluding carboxylic acids is 1. The Balaban J connectivity index is 1.70. The van der Waals surface area contributed by atoms with Crippen molar-refractivity contribution < 1.29 is 13.2 Å². The van der Waals surface area contributed by atoms with E-state index in [1.807, 2.05) is 6.92 Å². The van der Waals surface area contributed by atoms with Gasteiger partial charge in [0.1, 0.15) is 0 Å². The largest absolute Gasteiger partial charge is 0.351 e. The minimum Gasteiger partial charge on any atom is -0.351 e. The van der Waals surface area contributed by atoms with Crippen molar-refractivity contribution in [3.8, 4) is 0 Å². The number of carbonyl (C=O) groups is 1. The minimum atomic E-state index is -3.01. The fraction of sp³-hybridized carbons (Fsp3) is 0.643. The van der Waals surface area contributed by atoms with Crippen molar-refractivity contribution in [1.29, 1.82) is 0 Å². The molecule has 22 heavy (non-hydrogen) atoms. The monoisotopic (exact) mass is 324 g/mol. The first kappa shape index (κ1) is 15.2. The summed E-state index contributed by atoms with van der Waals surface area (Å²) < 4.78 is 23.2. The van der Waals surface area contributed by atoms with E-state index in [0.717, 1.165) is 12.8 Å². The third-order valence-electron chi connectivity index (χ3n) is 4.06. The summed E-state index contributed by atoms with van der Waals surface area (Å²) in [5.74, 6) is 0.532. The average Bonchev–Trinajstić information content (AvgIpc) is 3.23. The summed E-state index contributed by atoms with van der Waals surface area (Å²) in [4.78, 5) is 22.5. The number of aromatic nitrogens is 2. The molecule has 2 fully saturated rings. The summed E-state index contributed by atoms with van der Waals surface area (Å²) in [7, 11) is -3.01. The van der Waals surface area contributed by atoms with E-state index in [0.29, 0.717) is 30.5 Å². The molecule has 3 rings (SSSR count). The Morgan fingerprint density at radius 2 is 2.00 bits per heavy atom. The van der Waals surface area contributed by atoms with Crippen molar-refractivity contribution in [2.45, 2.75) is 38.3 Å². The Morgan fingerprint density at radius 1 is 1.32 bits per heavy atom. The van der Waals surface area contributed by atoms with Crippen LogP contribution in [0.3, 0.4) is 0 Å². The van der Waals surface area contributed by atoms with E-state index in [1.165, 1.54) is 12.4 Å². The zero-order chi connectivity index (χ0) is 15.7. The SMILES string of the molecule is CCN(C(=O)c1cnc(NC2CC2)nc1)C1CCS(=O)(=O)C1. The lowest BCUT2D eigenvalue weighted by atomic mass is 10.2. The molecule has 7 nitrogen and oxygen atoms in total. The predicted octanol–water partition coefficient (Wildman–Crippen LogP) is 0.700. The van der Waals surface area contributed by atoms with Gasteiger partial charge in [-0.05, 0) is 26.2 Å². The molecular formula is C14H20N4O3S. The van der Waals surface area contributed by atoms with E-state index in [9.17, 15) is 13.2 Å². The van der Waals surface area contributed by atoms with Crippen molar-refractivity contribution >= 4 is 21.7 Å². The van der Waals surface area contributed by atoms with Gasteiger partial charge in [0.05, 0.1) is 17.1 Å². The quantitative estimate of drug-likeness (QED) is 0.857. The number of anilines is 1. The maximum absolute atomic E-state index is 12.6. The second kappa shape index (κ2) is 5.83. The minimum absolute atomic E-state index is 0.0504. The fourth-order valence-electron chi connectivity index (χ4n) is 2.68. The first-order valence-corrected chi connectivity index (χ1v) is 9.40. The predicted molar refractivity (Wildman–Crippen MR) is 82.4 cm³/mol. The molecule has 2 aliphatic rings. The van der Waals surface area contributed by atoms with Gasteiger partial charge >= 0.3 is 0 Å². The van der Waals surface area contributed by atoms with Crippen molar-refractivity contribution in [2.24, 2.45) is 0 Å². The molecule has 0 bridgehead atoms. The van der Waals surface area contributed by atoms with E-state index in [-0.39, 0.29) is 23.5 Å². The number of hydrogen-bond donors (Lipinski definition) is 1. The summed E-state index contributed by atoms with van der Waals surface area (Å²) >= 11 is 0. The molecule has 1 saturated carbocycles. The molecule has 1 unspecified atom stereocenters. The van der Waals surface area contributed by atoms with Crippen LogP contribution in [0.5, 0.6) is 0 Å². The van der Waals surface area contributed by atoms with E-state index in [2.05, 4.69) is 15.3 Å². The summed E-state index contributed by atoms with van der Waals surface area (Å²) in [6, 6.07) is 0.212. The molecule has 0 radical (unpaired) electrons. The molecule has 2 heterocycles. The molecule has 1 amide bonds. The van der Waals surface area contributed by atoms with Crippen LogP contribution in [0.15, 0.2) is 12.4 Å². The van der Waals surface area contributed by atoms with E-state index in [4.69, 9.17) is 0 Å². The van der Waals surface area contributed by atoms with Gasteiger partial charge in [-0.25, -0.2) is 18.4 Å². The first-order valence-electron chi connectivity index (χ1n) is 7.58. The van der Waals surface area contributed by atoms with Crippen LogP contribution in [0, 0.1) is 0 Å². The highest BCUT2D eigenvalue weighted by molar-refractivity contribution is 7.91. The van der Waals surface area contributed by atoms with Gasteiger partial charge < -0.3 is 10.2 Å². The Labute approximate surface area is 130 Å². The normalized spacial score (nSPS) is 23.2. The third kappa shape index (κ3) is 3.37. The molecule has 0 spiro atoms. The fourth-order valence-corrected chi connectivity index (χ4v) is 4.41. The van der Waals surface area contributed by atoms with Gasteiger partial charge in [-0.2, -0.15) is 0 Å². The smallest absolute Gasteiger partial charge is 0.257 e. The molecule has 0 aromatic carbocycles. The zero-order valence-corrected chi connectivity index (χ0v) is 13.3. The van der Waals surface area contributed by atoms with E-state index in [1.54, 1.807) is 4.90 Å². The number of rotatable bonds is 5. The van der Waals surface area contributed by atoms with Gasteiger partial charge in [-0.1, -0.05) is 0 Å². The zero-order valence-electron chi connectivity index (χ0n) is 12.5. The lowest BCUT2D eigenvalue weighted by Crippen LogP contribution is -2.41. The number of hydrogen-bond acceptors (Lipinski definition) is 6. The number of nitrogens with zero attached hydrogens (tertiary/aromatic N) is 3. The topological polar surface area (TPSA) is 92.3 Å². The van der Waals surface area contributed by atoms with Crippen LogP contribution in [0.25, 0.3) is 0 Å². The van der Waals surface area contributed by atoms with Gasteiger partial charge in [0.2, 0.25) is 5.95 Å². The Morgan fingerprint density at radius 3 is 2.50 bits per heavy atom. The van der Waals surface area contributed by atoms with E-state index >= 15 is 0 Å². The summed E-state index contributed by atoms with van der Waals surface area (Å²) in [5, 5.41) is 3.16. The molecule has 1 aliphatic heterocycles. The van der Waals surface area contributed by atoms with Crippen molar-refractivity contribution in [3.63, 3.8) is 0 Å². The summed E-state index contributed by atoms with van der Waals surface area (Å²) in [6.45, 7) is 2.33. The number of nitrogens with one attached hydrogen (secondary N) is 1. The van der Waals surface area contributed by atoms with Gasteiger partial charge in [0.25, 0.3) is 5.91 Å². The Bertz CT molecular complexity index is 655. The first-order chi connectivity index (χ1) is 10.5. The Kier molecular flexibility index (Phi) is 4.03. The van der Waals surface area contributed by atoms with Crippen molar-refractivity contribution in [1.82, 2.24) is 14.9 Å². The number of amides is 1. The Hall–Kier alpha value is -1.70. The molecule has 120 valence electrons. The molecule has 1 aromatic rings. The maximum atomic E-state index is 12.6. The summed E-state index contributed by atoms with van der Waals surface area (Å²) in [6.07, 6.45) is 5.77.